The number of rotatable bonds is 4. The summed E-state index contributed by atoms with van der Waals surface area (Å²) in [7, 11) is 0. The third-order valence-corrected chi connectivity index (χ3v) is 3.37. The Hall–Kier alpha value is -2.06. The second kappa shape index (κ2) is 6.40. The molecule has 0 saturated carbocycles. The van der Waals surface area contributed by atoms with Crippen LogP contribution in [0.25, 0.3) is 11.1 Å². The summed E-state index contributed by atoms with van der Waals surface area (Å²) < 4.78 is 6.00. The number of carbonyl (C=O) groups excluding carboxylic acids is 1. The molecule has 0 atom stereocenters. The Morgan fingerprint density at radius 2 is 2.10 bits per heavy atom. The zero-order valence-corrected chi connectivity index (χ0v) is 12.5. The van der Waals surface area contributed by atoms with Gasteiger partial charge in [-0.05, 0) is 30.2 Å². The number of aromatic nitrogens is 1. The Kier molecular flexibility index (Phi) is 4.59. The lowest BCUT2D eigenvalue weighted by molar-refractivity contribution is 0.0521. The van der Waals surface area contributed by atoms with Gasteiger partial charge in [-0.3, -0.25) is 0 Å². The number of hydrogen-bond donors (Lipinski definition) is 1. The van der Waals surface area contributed by atoms with Crippen molar-refractivity contribution in [2.75, 3.05) is 6.61 Å². The van der Waals surface area contributed by atoms with E-state index < -0.39 is 5.97 Å². The molecule has 1 N–H and O–H groups in total. The number of nitrogens with zero attached hydrogens (tertiary/aromatic N) is 1. The van der Waals surface area contributed by atoms with Crippen LogP contribution in [0.2, 0.25) is 0 Å². The molecule has 20 heavy (non-hydrogen) atoms. The quantitative estimate of drug-likeness (QED) is 0.868. The van der Waals surface area contributed by atoms with E-state index in [0.717, 1.165) is 21.2 Å². The van der Waals surface area contributed by atoms with Gasteiger partial charge in [-0.15, -0.1) is 0 Å². The molecular formula is C15H13BrN2O2. The van der Waals surface area contributed by atoms with E-state index in [4.69, 9.17) is 10.00 Å². The Bertz CT molecular complexity index is 654. The molecule has 0 bridgehead atoms. The van der Waals surface area contributed by atoms with Crippen molar-refractivity contribution in [1.29, 1.82) is 5.26 Å². The van der Waals surface area contributed by atoms with Crippen molar-refractivity contribution in [2.24, 2.45) is 0 Å². The van der Waals surface area contributed by atoms with Crippen molar-refractivity contribution in [3.05, 3.63) is 46.2 Å². The van der Waals surface area contributed by atoms with Crippen LogP contribution < -0.4 is 0 Å². The molecule has 1 aromatic heterocycles. The largest absolute Gasteiger partial charge is 0.461 e. The van der Waals surface area contributed by atoms with Gasteiger partial charge in [0.15, 0.2) is 0 Å². The second-order valence-corrected chi connectivity index (χ2v) is 5.04. The van der Waals surface area contributed by atoms with E-state index in [1.807, 2.05) is 24.3 Å². The first-order chi connectivity index (χ1) is 9.67. The number of halogens is 1. The lowest BCUT2D eigenvalue weighted by Crippen LogP contribution is -2.06. The zero-order chi connectivity index (χ0) is 14.5. The fourth-order valence-corrected chi connectivity index (χ4v) is 2.26. The molecule has 0 aliphatic heterocycles. The molecule has 4 nitrogen and oxygen atoms in total. The highest BCUT2D eigenvalue weighted by Crippen LogP contribution is 2.29. The molecule has 1 aromatic carbocycles. The smallest absolute Gasteiger partial charge is 0.355 e. The van der Waals surface area contributed by atoms with E-state index in [0.29, 0.717) is 12.3 Å². The molecular weight excluding hydrogens is 320 g/mol. The van der Waals surface area contributed by atoms with Crippen molar-refractivity contribution in [3.63, 3.8) is 0 Å². The number of ether oxygens (including phenoxy) is 1. The van der Waals surface area contributed by atoms with Crippen molar-refractivity contribution >= 4 is 21.9 Å². The SMILES string of the molecule is CCOC(=O)c1[nH]cc(CC#N)c1-c1ccc(Br)cc1. The first-order valence-corrected chi connectivity index (χ1v) is 6.97. The third-order valence-electron chi connectivity index (χ3n) is 2.84. The van der Waals surface area contributed by atoms with Gasteiger partial charge in [0, 0.05) is 16.2 Å². The average Bonchev–Trinajstić information content (AvgIpc) is 2.84. The summed E-state index contributed by atoms with van der Waals surface area (Å²) in [5, 5.41) is 8.90. The van der Waals surface area contributed by atoms with Crippen LogP contribution in [0.4, 0.5) is 0 Å². The van der Waals surface area contributed by atoms with Gasteiger partial charge in [-0.2, -0.15) is 5.26 Å². The van der Waals surface area contributed by atoms with E-state index >= 15 is 0 Å². The predicted octanol–water partition coefficient (Wildman–Crippen LogP) is 3.69. The summed E-state index contributed by atoms with van der Waals surface area (Å²) in [5.41, 5.74) is 2.79. The highest BCUT2D eigenvalue weighted by Gasteiger charge is 2.19. The van der Waals surface area contributed by atoms with E-state index in [9.17, 15) is 4.79 Å². The maximum atomic E-state index is 12.0. The van der Waals surface area contributed by atoms with Gasteiger partial charge in [0.25, 0.3) is 0 Å². The van der Waals surface area contributed by atoms with E-state index in [1.54, 1.807) is 13.1 Å². The monoisotopic (exact) mass is 332 g/mol. The number of esters is 1. The van der Waals surface area contributed by atoms with Crippen molar-refractivity contribution in [2.45, 2.75) is 13.3 Å². The molecule has 1 heterocycles. The van der Waals surface area contributed by atoms with Gasteiger partial charge >= 0.3 is 5.97 Å². The summed E-state index contributed by atoms with van der Waals surface area (Å²) in [4.78, 5) is 14.9. The van der Waals surface area contributed by atoms with E-state index in [-0.39, 0.29) is 6.42 Å². The van der Waals surface area contributed by atoms with E-state index in [1.165, 1.54) is 0 Å². The Balaban J connectivity index is 2.52. The van der Waals surface area contributed by atoms with Gasteiger partial charge in [-0.25, -0.2) is 4.79 Å². The lowest BCUT2D eigenvalue weighted by atomic mass is 10.00. The predicted molar refractivity (Wildman–Crippen MR) is 79.2 cm³/mol. The number of hydrogen-bond acceptors (Lipinski definition) is 3. The van der Waals surface area contributed by atoms with Crippen molar-refractivity contribution < 1.29 is 9.53 Å². The molecule has 0 fully saturated rings. The summed E-state index contributed by atoms with van der Waals surface area (Å²) in [6.45, 7) is 2.07. The molecule has 0 unspecified atom stereocenters. The number of nitrogens with one attached hydrogen (secondary N) is 1. The van der Waals surface area contributed by atoms with E-state index in [2.05, 4.69) is 27.0 Å². The minimum atomic E-state index is -0.408. The molecule has 2 aromatic rings. The van der Waals surface area contributed by atoms with Crippen LogP contribution in [0.1, 0.15) is 23.0 Å². The maximum Gasteiger partial charge on any atom is 0.355 e. The van der Waals surface area contributed by atoms with Crippen LogP contribution in [-0.4, -0.2) is 17.6 Å². The highest BCUT2D eigenvalue weighted by atomic mass is 79.9. The molecule has 5 heteroatoms. The van der Waals surface area contributed by atoms with Crippen LogP contribution in [0, 0.1) is 11.3 Å². The molecule has 2 rings (SSSR count). The Morgan fingerprint density at radius 3 is 2.70 bits per heavy atom. The molecule has 0 aliphatic carbocycles. The maximum absolute atomic E-state index is 12.0. The van der Waals surface area contributed by atoms with Gasteiger partial charge in [0.1, 0.15) is 5.69 Å². The Morgan fingerprint density at radius 1 is 1.40 bits per heavy atom. The standard InChI is InChI=1S/C15H13BrN2O2/c1-2-20-15(19)14-13(11(7-8-17)9-18-14)10-3-5-12(16)6-4-10/h3-6,9,18H,2,7H2,1H3. The zero-order valence-electron chi connectivity index (χ0n) is 10.9. The normalized spacial score (nSPS) is 10.1. The van der Waals surface area contributed by atoms with Crippen LogP contribution in [0.3, 0.4) is 0 Å². The topological polar surface area (TPSA) is 65.9 Å². The van der Waals surface area contributed by atoms with Gasteiger partial charge in [-0.1, -0.05) is 28.1 Å². The number of aromatic amines is 1. The number of benzene rings is 1. The summed E-state index contributed by atoms with van der Waals surface area (Å²) in [5.74, 6) is -0.408. The van der Waals surface area contributed by atoms with Crippen LogP contribution in [0.15, 0.2) is 34.9 Å². The molecule has 0 spiro atoms. The summed E-state index contributed by atoms with van der Waals surface area (Å²) in [6, 6.07) is 9.70. The third kappa shape index (κ3) is 2.91. The van der Waals surface area contributed by atoms with Crippen molar-refractivity contribution in [1.82, 2.24) is 4.98 Å². The number of carbonyl (C=O) groups is 1. The van der Waals surface area contributed by atoms with Gasteiger partial charge in [0.05, 0.1) is 19.1 Å². The fraction of sp³-hybridized carbons (Fsp3) is 0.200. The summed E-state index contributed by atoms with van der Waals surface area (Å²) >= 11 is 3.38. The first-order valence-electron chi connectivity index (χ1n) is 6.17. The van der Waals surface area contributed by atoms with Crippen molar-refractivity contribution in [3.8, 4) is 17.2 Å². The minimum absolute atomic E-state index is 0.237. The average molecular weight is 333 g/mol. The minimum Gasteiger partial charge on any atom is -0.461 e. The second-order valence-electron chi connectivity index (χ2n) is 4.13. The van der Waals surface area contributed by atoms with Crippen LogP contribution in [0.5, 0.6) is 0 Å². The molecule has 0 amide bonds. The molecule has 0 radical (unpaired) electrons. The highest BCUT2D eigenvalue weighted by molar-refractivity contribution is 9.10. The first kappa shape index (κ1) is 14.4. The lowest BCUT2D eigenvalue weighted by Gasteiger charge is -2.06. The molecule has 102 valence electrons. The fourth-order valence-electron chi connectivity index (χ4n) is 2.00. The van der Waals surface area contributed by atoms with Gasteiger partial charge < -0.3 is 9.72 Å². The Labute approximate surface area is 125 Å². The van der Waals surface area contributed by atoms with Crippen LogP contribution >= 0.6 is 15.9 Å². The summed E-state index contributed by atoms with van der Waals surface area (Å²) in [6.07, 6.45) is 1.92. The van der Waals surface area contributed by atoms with Gasteiger partial charge in [0.2, 0.25) is 0 Å². The van der Waals surface area contributed by atoms with Crippen LogP contribution in [-0.2, 0) is 11.2 Å². The number of nitriles is 1. The molecule has 0 saturated heterocycles. The number of H-pyrrole nitrogens is 1. The molecule has 0 aliphatic rings.